The molecule has 1 aromatic rings. The lowest BCUT2D eigenvalue weighted by molar-refractivity contribution is -0.108. The van der Waals surface area contributed by atoms with Gasteiger partial charge in [0.15, 0.2) is 10.9 Å². The second-order valence-electron chi connectivity index (χ2n) is 5.26. The second kappa shape index (κ2) is 5.06. The Morgan fingerprint density at radius 3 is 3.00 bits per heavy atom. The van der Waals surface area contributed by atoms with Gasteiger partial charge in [0, 0.05) is 19.0 Å². The van der Waals surface area contributed by atoms with E-state index in [1.807, 2.05) is 12.1 Å². The first-order valence-electron chi connectivity index (χ1n) is 6.69. The smallest absolute Gasteiger partial charge is 0.171 e. The number of rotatable bonds is 2. The van der Waals surface area contributed by atoms with E-state index in [4.69, 9.17) is 21.1 Å². The van der Waals surface area contributed by atoms with Crippen molar-refractivity contribution in [3.8, 4) is 5.75 Å². The van der Waals surface area contributed by atoms with Crippen molar-refractivity contribution in [2.24, 2.45) is 0 Å². The van der Waals surface area contributed by atoms with E-state index in [2.05, 4.69) is 4.98 Å². The summed E-state index contributed by atoms with van der Waals surface area (Å²) in [6.07, 6.45) is 8.71. The molecular formula is C14H18ClNO2. The molecule has 3 rings (SSSR count). The van der Waals surface area contributed by atoms with Gasteiger partial charge in [-0.2, -0.15) is 0 Å². The van der Waals surface area contributed by atoms with Crippen molar-refractivity contribution < 1.29 is 9.47 Å². The summed E-state index contributed by atoms with van der Waals surface area (Å²) in [5.41, 5.74) is 0.0810. The molecule has 0 N–H and O–H groups in total. The van der Waals surface area contributed by atoms with Crippen LogP contribution in [0, 0.1) is 0 Å². The lowest BCUT2D eigenvalue weighted by atomic mass is 9.90. The summed E-state index contributed by atoms with van der Waals surface area (Å²) in [7, 11) is 0. The zero-order valence-electron chi connectivity index (χ0n) is 10.4. The molecule has 18 heavy (non-hydrogen) atoms. The number of hydrogen-bond acceptors (Lipinski definition) is 3. The molecule has 98 valence electrons. The van der Waals surface area contributed by atoms with Gasteiger partial charge in [-0.1, -0.05) is 24.4 Å². The summed E-state index contributed by atoms with van der Waals surface area (Å²) in [6, 6.07) is 3.73. The molecule has 1 saturated heterocycles. The van der Waals surface area contributed by atoms with Crippen molar-refractivity contribution in [1.29, 1.82) is 0 Å². The molecule has 1 aliphatic heterocycles. The molecular weight excluding hydrogens is 250 g/mol. The summed E-state index contributed by atoms with van der Waals surface area (Å²) in [4.78, 5) is 4.04. The third kappa shape index (κ3) is 2.47. The molecule has 1 saturated carbocycles. The van der Waals surface area contributed by atoms with E-state index >= 15 is 0 Å². The Kier molecular flexibility index (Phi) is 3.44. The zero-order chi connectivity index (χ0) is 12.4. The maximum Gasteiger partial charge on any atom is 0.171 e. The van der Waals surface area contributed by atoms with Crippen LogP contribution in [0.2, 0.25) is 5.15 Å². The topological polar surface area (TPSA) is 31.4 Å². The maximum absolute atomic E-state index is 6.03. The monoisotopic (exact) mass is 267 g/mol. The van der Waals surface area contributed by atoms with Crippen LogP contribution in [0.1, 0.15) is 38.5 Å². The van der Waals surface area contributed by atoms with Crippen molar-refractivity contribution in [2.75, 3.05) is 6.61 Å². The Morgan fingerprint density at radius 1 is 1.39 bits per heavy atom. The van der Waals surface area contributed by atoms with E-state index in [1.54, 1.807) is 6.20 Å². The Hall–Kier alpha value is -0.800. The predicted octanol–water partition coefficient (Wildman–Crippen LogP) is 3.61. The van der Waals surface area contributed by atoms with Gasteiger partial charge in [0.1, 0.15) is 6.10 Å². The van der Waals surface area contributed by atoms with E-state index in [9.17, 15) is 0 Å². The number of ether oxygens (including phenoxy) is 2. The minimum Gasteiger partial charge on any atom is -0.487 e. The average Bonchev–Trinajstić information content (AvgIpc) is 2.80. The highest BCUT2D eigenvalue weighted by Crippen LogP contribution is 2.41. The van der Waals surface area contributed by atoms with Gasteiger partial charge in [-0.15, -0.1) is 0 Å². The SMILES string of the molecule is Clc1ncccc1OC1CCOC2(CCCC2)C1. The van der Waals surface area contributed by atoms with Crippen LogP contribution in [0.4, 0.5) is 0 Å². The van der Waals surface area contributed by atoms with Crippen molar-refractivity contribution in [3.63, 3.8) is 0 Å². The standard InChI is InChI=1S/C14H18ClNO2/c15-13-12(4-3-8-16-13)18-11-5-9-17-14(10-11)6-1-2-7-14/h3-4,8,11H,1-2,5-7,9-10H2. The van der Waals surface area contributed by atoms with Gasteiger partial charge < -0.3 is 9.47 Å². The molecule has 3 nitrogen and oxygen atoms in total. The van der Waals surface area contributed by atoms with E-state index in [0.29, 0.717) is 10.9 Å². The van der Waals surface area contributed by atoms with Crippen LogP contribution in [0.25, 0.3) is 0 Å². The molecule has 1 aliphatic carbocycles. The van der Waals surface area contributed by atoms with E-state index < -0.39 is 0 Å². The number of halogens is 1. The van der Waals surface area contributed by atoms with Crippen molar-refractivity contribution in [3.05, 3.63) is 23.5 Å². The van der Waals surface area contributed by atoms with Crippen LogP contribution in [0.15, 0.2) is 18.3 Å². The van der Waals surface area contributed by atoms with E-state index in [1.165, 1.54) is 25.7 Å². The lowest BCUT2D eigenvalue weighted by Crippen LogP contribution is -2.41. The van der Waals surface area contributed by atoms with Crippen molar-refractivity contribution in [1.82, 2.24) is 4.98 Å². The van der Waals surface area contributed by atoms with E-state index in [-0.39, 0.29) is 11.7 Å². The molecule has 2 aliphatic rings. The van der Waals surface area contributed by atoms with Crippen LogP contribution < -0.4 is 4.74 Å². The highest BCUT2D eigenvalue weighted by molar-refractivity contribution is 6.30. The molecule has 1 aromatic heterocycles. The molecule has 1 spiro atoms. The molecule has 1 atom stereocenters. The van der Waals surface area contributed by atoms with Gasteiger partial charge in [-0.05, 0) is 25.0 Å². The van der Waals surface area contributed by atoms with Gasteiger partial charge in [-0.3, -0.25) is 0 Å². The fraction of sp³-hybridized carbons (Fsp3) is 0.643. The quantitative estimate of drug-likeness (QED) is 0.767. The van der Waals surface area contributed by atoms with Crippen LogP contribution >= 0.6 is 11.6 Å². The third-order valence-corrected chi connectivity index (χ3v) is 4.26. The second-order valence-corrected chi connectivity index (χ2v) is 5.62. The van der Waals surface area contributed by atoms with Crippen LogP contribution in [-0.2, 0) is 4.74 Å². The molecule has 2 heterocycles. The zero-order valence-corrected chi connectivity index (χ0v) is 11.2. The minimum atomic E-state index is 0.0810. The first-order valence-corrected chi connectivity index (χ1v) is 7.06. The number of pyridine rings is 1. The number of nitrogens with zero attached hydrogens (tertiary/aromatic N) is 1. The Balaban J connectivity index is 1.68. The van der Waals surface area contributed by atoms with Gasteiger partial charge in [-0.25, -0.2) is 4.98 Å². The number of hydrogen-bond donors (Lipinski definition) is 0. The Labute approximate surface area is 112 Å². The van der Waals surface area contributed by atoms with Crippen LogP contribution in [0.3, 0.4) is 0 Å². The molecule has 0 radical (unpaired) electrons. The Morgan fingerprint density at radius 2 is 2.22 bits per heavy atom. The fourth-order valence-corrected chi connectivity index (χ4v) is 3.25. The largest absolute Gasteiger partial charge is 0.487 e. The first-order chi connectivity index (χ1) is 8.77. The van der Waals surface area contributed by atoms with Crippen molar-refractivity contribution >= 4 is 11.6 Å². The molecule has 0 bridgehead atoms. The van der Waals surface area contributed by atoms with Crippen molar-refractivity contribution in [2.45, 2.75) is 50.2 Å². The summed E-state index contributed by atoms with van der Waals surface area (Å²) >= 11 is 6.03. The summed E-state index contributed by atoms with van der Waals surface area (Å²) in [5.74, 6) is 0.694. The summed E-state index contributed by atoms with van der Waals surface area (Å²) in [5, 5.41) is 0.449. The summed E-state index contributed by atoms with van der Waals surface area (Å²) < 4.78 is 12.0. The molecule has 0 amide bonds. The number of aromatic nitrogens is 1. The molecule has 2 fully saturated rings. The molecule has 4 heteroatoms. The fourth-order valence-electron chi connectivity index (χ4n) is 3.09. The minimum absolute atomic E-state index is 0.0810. The van der Waals surface area contributed by atoms with Gasteiger partial charge in [0.2, 0.25) is 0 Å². The van der Waals surface area contributed by atoms with Crippen LogP contribution in [-0.4, -0.2) is 23.3 Å². The normalized spacial score (nSPS) is 26.4. The molecule has 0 aromatic carbocycles. The predicted molar refractivity (Wildman–Crippen MR) is 70.0 cm³/mol. The van der Waals surface area contributed by atoms with Crippen LogP contribution in [0.5, 0.6) is 5.75 Å². The highest BCUT2D eigenvalue weighted by Gasteiger charge is 2.40. The maximum atomic E-state index is 6.03. The average molecular weight is 268 g/mol. The summed E-state index contributed by atoms with van der Waals surface area (Å²) in [6.45, 7) is 0.794. The van der Waals surface area contributed by atoms with Gasteiger partial charge in [0.25, 0.3) is 0 Å². The lowest BCUT2D eigenvalue weighted by Gasteiger charge is -2.38. The third-order valence-electron chi connectivity index (χ3n) is 3.98. The Bertz CT molecular complexity index is 418. The van der Waals surface area contributed by atoms with E-state index in [0.717, 1.165) is 19.4 Å². The van der Waals surface area contributed by atoms with Gasteiger partial charge >= 0.3 is 0 Å². The molecule has 1 unspecified atom stereocenters. The first kappa shape index (κ1) is 12.2. The highest BCUT2D eigenvalue weighted by atomic mass is 35.5. The van der Waals surface area contributed by atoms with Gasteiger partial charge in [0.05, 0.1) is 12.2 Å².